The molecule has 0 spiro atoms. The van der Waals surface area contributed by atoms with Crippen LogP contribution in [0.5, 0.6) is 0 Å². The molecule has 1 aromatic carbocycles. The maximum Gasteiger partial charge on any atom is 0.105 e. The number of aliphatic hydroxyl groups is 2. The first kappa shape index (κ1) is 13.0. The summed E-state index contributed by atoms with van der Waals surface area (Å²) in [7, 11) is 0. The summed E-state index contributed by atoms with van der Waals surface area (Å²) in [6.07, 6.45) is 0.345. The number of pyridine rings is 1. The monoisotopic (exact) mass is 246 g/mol. The van der Waals surface area contributed by atoms with E-state index in [0.29, 0.717) is 18.5 Å². The van der Waals surface area contributed by atoms with Gasteiger partial charge >= 0.3 is 0 Å². The van der Waals surface area contributed by atoms with Crippen LogP contribution >= 0.6 is 0 Å². The lowest BCUT2D eigenvalue weighted by Crippen LogP contribution is -2.22. The van der Waals surface area contributed by atoms with Gasteiger partial charge in [-0.15, -0.1) is 0 Å². The van der Waals surface area contributed by atoms with E-state index in [9.17, 15) is 10.2 Å². The van der Waals surface area contributed by atoms with E-state index < -0.39 is 12.2 Å². The highest BCUT2D eigenvalue weighted by Gasteiger charge is 2.20. The molecule has 1 aromatic heterocycles. The summed E-state index contributed by atoms with van der Waals surface area (Å²) in [6, 6.07) is 7.59. The van der Waals surface area contributed by atoms with Crippen molar-refractivity contribution in [1.82, 2.24) is 4.98 Å². The third kappa shape index (κ3) is 2.36. The topological polar surface area (TPSA) is 79.4 Å². The zero-order valence-electron chi connectivity index (χ0n) is 10.4. The quantitative estimate of drug-likeness (QED) is 0.759. The largest absolute Gasteiger partial charge is 0.390 e. The van der Waals surface area contributed by atoms with Gasteiger partial charge in [0.2, 0.25) is 0 Å². The summed E-state index contributed by atoms with van der Waals surface area (Å²) >= 11 is 0. The van der Waals surface area contributed by atoms with Gasteiger partial charge in [0.25, 0.3) is 0 Å². The number of aryl methyl sites for hydroxylation is 1. The van der Waals surface area contributed by atoms with Crippen molar-refractivity contribution in [3.63, 3.8) is 0 Å². The standard InChI is InChI=1S/C14H18N2O2/c1-9-11(14(18)12(17)6-7-15)5-4-10-3-2-8-16-13(9)10/h2-5,8,12,14,17-18H,6-7,15H2,1H3. The summed E-state index contributed by atoms with van der Waals surface area (Å²) < 4.78 is 0. The summed E-state index contributed by atoms with van der Waals surface area (Å²) in [5, 5.41) is 21.0. The van der Waals surface area contributed by atoms with Crippen molar-refractivity contribution in [3.8, 4) is 0 Å². The number of hydrogen-bond donors (Lipinski definition) is 3. The molecule has 2 rings (SSSR count). The first-order valence-electron chi connectivity index (χ1n) is 6.05. The van der Waals surface area contributed by atoms with Gasteiger partial charge in [-0.3, -0.25) is 4.98 Å². The SMILES string of the molecule is Cc1c(C(O)C(O)CCN)ccc2cccnc12. The molecule has 0 aliphatic carbocycles. The Labute approximate surface area is 106 Å². The average Bonchev–Trinajstić information content (AvgIpc) is 2.39. The van der Waals surface area contributed by atoms with Crippen LogP contribution in [0.25, 0.3) is 10.9 Å². The lowest BCUT2D eigenvalue weighted by molar-refractivity contribution is 0.0147. The highest BCUT2D eigenvalue weighted by Crippen LogP contribution is 2.27. The summed E-state index contributed by atoms with van der Waals surface area (Å²) in [4.78, 5) is 4.31. The number of aromatic nitrogens is 1. The van der Waals surface area contributed by atoms with Crippen LogP contribution in [0.1, 0.15) is 23.7 Å². The van der Waals surface area contributed by atoms with E-state index in [0.717, 1.165) is 16.5 Å². The van der Waals surface area contributed by atoms with Gasteiger partial charge in [-0.25, -0.2) is 0 Å². The number of aliphatic hydroxyl groups excluding tert-OH is 2. The van der Waals surface area contributed by atoms with Gasteiger partial charge in [0.05, 0.1) is 11.6 Å². The summed E-state index contributed by atoms with van der Waals surface area (Å²) in [5.41, 5.74) is 7.86. The Morgan fingerprint density at radius 1 is 1.28 bits per heavy atom. The van der Waals surface area contributed by atoms with Crippen LogP contribution in [-0.2, 0) is 0 Å². The first-order valence-corrected chi connectivity index (χ1v) is 6.05. The molecular weight excluding hydrogens is 228 g/mol. The predicted octanol–water partition coefficient (Wildman–Crippen LogP) is 1.29. The maximum absolute atomic E-state index is 10.1. The minimum Gasteiger partial charge on any atom is -0.390 e. The lowest BCUT2D eigenvalue weighted by Gasteiger charge is -2.20. The molecule has 2 unspecified atom stereocenters. The number of fused-ring (bicyclic) bond motifs is 1. The molecule has 4 N–H and O–H groups in total. The van der Waals surface area contributed by atoms with Gasteiger partial charge in [0.15, 0.2) is 0 Å². The Kier molecular flexibility index (Phi) is 3.91. The minimum atomic E-state index is -0.917. The Hall–Kier alpha value is -1.49. The van der Waals surface area contributed by atoms with Crippen LogP contribution in [0.15, 0.2) is 30.5 Å². The van der Waals surface area contributed by atoms with Gasteiger partial charge in [0.1, 0.15) is 6.10 Å². The summed E-state index contributed by atoms with van der Waals surface area (Å²) in [6.45, 7) is 2.26. The van der Waals surface area contributed by atoms with Crippen molar-refractivity contribution >= 4 is 10.9 Å². The van der Waals surface area contributed by atoms with Crippen LogP contribution in [-0.4, -0.2) is 27.8 Å². The molecule has 4 heteroatoms. The average molecular weight is 246 g/mol. The Morgan fingerprint density at radius 2 is 2.06 bits per heavy atom. The fourth-order valence-corrected chi connectivity index (χ4v) is 2.16. The second kappa shape index (κ2) is 5.44. The van der Waals surface area contributed by atoms with Crippen molar-refractivity contribution in [2.45, 2.75) is 25.6 Å². The van der Waals surface area contributed by atoms with Gasteiger partial charge in [-0.2, -0.15) is 0 Å². The molecular formula is C14H18N2O2. The fourth-order valence-electron chi connectivity index (χ4n) is 2.16. The molecule has 1 heterocycles. The van der Waals surface area contributed by atoms with Crippen molar-refractivity contribution in [2.75, 3.05) is 6.54 Å². The number of nitrogens with zero attached hydrogens (tertiary/aromatic N) is 1. The molecule has 0 bridgehead atoms. The molecule has 0 amide bonds. The predicted molar refractivity (Wildman–Crippen MR) is 71.1 cm³/mol. The fraction of sp³-hybridized carbons (Fsp3) is 0.357. The van der Waals surface area contributed by atoms with E-state index in [1.807, 2.05) is 31.2 Å². The smallest absolute Gasteiger partial charge is 0.105 e. The second-order valence-corrected chi connectivity index (χ2v) is 4.44. The van der Waals surface area contributed by atoms with E-state index in [4.69, 9.17) is 5.73 Å². The minimum absolute atomic E-state index is 0.350. The van der Waals surface area contributed by atoms with E-state index in [-0.39, 0.29) is 0 Å². The van der Waals surface area contributed by atoms with Crippen LogP contribution in [0, 0.1) is 6.92 Å². The van der Waals surface area contributed by atoms with Crippen molar-refractivity contribution in [1.29, 1.82) is 0 Å². The number of benzene rings is 1. The van der Waals surface area contributed by atoms with Crippen molar-refractivity contribution in [2.24, 2.45) is 5.73 Å². The number of hydrogen-bond acceptors (Lipinski definition) is 4. The zero-order chi connectivity index (χ0) is 13.1. The van der Waals surface area contributed by atoms with E-state index in [1.165, 1.54) is 0 Å². The molecule has 0 aliphatic heterocycles. The second-order valence-electron chi connectivity index (χ2n) is 4.44. The van der Waals surface area contributed by atoms with Crippen LogP contribution in [0.2, 0.25) is 0 Å². The zero-order valence-corrected chi connectivity index (χ0v) is 10.4. The van der Waals surface area contributed by atoms with Crippen molar-refractivity contribution in [3.05, 3.63) is 41.6 Å². The molecule has 0 radical (unpaired) electrons. The van der Waals surface area contributed by atoms with Crippen molar-refractivity contribution < 1.29 is 10.2 Å². The number of rotatable bonds is 4. The molecule has 2 aromatic rings. The molecule has 4 nitrogen and oxygen atoms in total. The van der Waals surface area contributed by atoms with E-state index >= 15 is 0 Å². The van der Waals surface area contributed by atoms with Crippen LogP contribution in [0.3, 0.4) is 0 Å². The molecule has 0 aliphatic rings. The molecule has 96 valence electrons. The molecule has 2 atom stereocenters. The maximum atomic E-state index is 10.1. The third-order valence-electron chi connectivity index (χ3n) is 3.22. The van der Waals surface area contributed by atoms with E-state index in [1.54, 1.807) is 6.20 Å². The highest BCUT2D eigenvalue weighted by molar-refractivity contribution is 5.82. The molecule has 0 saturated carbocycles. The highest BCUT2D eigenvalue weighted by atomic mass is 16.3. The molecule has 18 heavy (non-hydrogen) atoms. The van der Waals surface area contributed by atoms with E-state index in [2.05, 4.69) is 4.98 Å². The molecule has 0 fully saturated rings. The van der Waals surface area contributed by atoms with Gasteiger partial charge in [0, 0.05) is 11.6 Å². The van der Waals surface area contributed by atoms with Gasteiger partial charge in [-0.1, -0.05) is 18.2 Å². The van der Waals surface area contributed by atoms with Crippen LogP contribution < -0.4 is 5.73 Å². The Morgan fingerprint density at radius 3 is 2.78 bits per heavy atom. The lowest BCUT2D eigenvalue weighted by atomic mass is 9.95. The summed E-state index contributed by atoms with van der Waals surface area (Å²) in [5.74, 6) is 0. The third-order valence-corrected chi connectivity index (χ3v) is 3.22. The normalized spacial score (nSPS) is 14.7. The van der Waals surface area contributed by atoms with Gasteiger partial charge in [-0.05, 0) is 37.1 Å². The number of nitrogens with two attached hydrogens (primary N) is 1. The Balaban J connectivity index is 2.42. The molecule has 0 saturated heterocycles. The Bertz CT molecular complexity index is 542. The first-order chi connectivity index (χ1) is 8.65. The van der Waals surface area contributed by atoms with Gasteiger partial charge < -0.3 is 15.9 Å². The van der Waals surface area contributed by atoms with Crippen LogP contribution in [0.4, 0.5) is 0 Å².